The van der Waals surface area contributed by atoms with E-state index in [1.807, 2.05) is 18.2 Å². The molecule has 4 rings (SSSR count). The quantitative estimate of drug-likeness (QED) is 0.809. The molecule has 2 aliphatic heterocycles. The number of aliphatic carboxylic acids is 1. The zero-order valence-electron chi connectivity index (χ0n) is 15.5. The number of hydrogen-bond donors (Lipinski definition) is 2. The van der Waals surface area contributed by atoms with Crippen molar-refractivity contribution in [3.05, 3.63) is 48.5 Å². The third-order valence-electron chi connectivity index (χ3n) is 4.35. The first kappa shape index (κ1) is 19.3. The van der Waals surface area contributed by atoms with Gasteiger partial charge in [0.15, 0.2) is 23.0 Å². The van der Waals surface area contributed by atoms with Gasteiger partial charge in [0.25, 0.3) is 5.91 Å². The molecule has 0 fully saturated rings. The fourth-order valence-electron chi connectivity index (χ4n) is 2.51. The second-order valence-electron chi connectivity index (χ2n) is 6.81. The normalized spacial score (nSPS) is 24.4. The van der Waals surface area contributed by atoms with E-state index in [0.29, 0.717) is 23.0 Å². The predicted molar refractivity (Wildman–Crippen MR) is 98.8 cm³/mol. The van der Waals surface area contributed by atoms with Gasteiger partial charge in [-0.3, -0.25) is 4.79 Å². The molecule has 3 N–H and O–H groups in total. The molecular weight excluding hydrogens is 366 g/mol. The SMILES string of the molecule is CC1(C(=O)O)COc2ccccc2O1.CC1(C(N)=O)COc2ccccc2O1. The molecule has 0 radical (unpaired) electrons. The summed E-state index contributed by atoms with van der Waals surface area (Å²) in [5, 5.41) is 8.92. The van der Waals surface area contributed by atoms with Crippen LogP contribution in [0.5, 0.6) is 23.0 Å². The molecule has 2 atom stereocenters. The number of rotatable bonds is 2. The van der Waals surface area contributed by atoms with Crippen molar-refractivity contribution in [2.24, 2.45) is 5.73 Å². The Balaban J connectivity index is 0.000000161. The molecule has 0 bridgehead atoms. The lowest BCUT2D eigenvalue weighted by Gasteiger charge is -2.32. The molecule has 148 valence electrons. The summed E-state index contributed by atoms with van der Waals surface area (Å²) >= 11 is 0. The summed E-state index contributed by atoms with van der Waals surface area (Å²) < 4.78 is 21.5. The number of nitrogens with two attached hydrogens (primary N) is 1. The van der Waals surface area contributed by atoms with E-state index in [2.05, 4.69) is 0 Å². The van der Waals surface area contributed by atoms with Gasteiger partial charge in [0.2, 0.25) is 11.2 Å². The zero-order valence-corrected chi connectivity index (χ0v) is 15.5. The van der Waals surface area contributed by atoms with Crippen LogP contribution in [0.2, 0.25) is 0 Å². The van der Waals surface area contributed by atoms with E-state index in [4.69, 9.17) is 29.8 Å². The maximum atomic E-state index is 11.1. The number of carboxylic acid groups (broad SMARTS) is 1. The summed E-state index contributed by atoms with van der Waals surface area (Å²) in [5.41, 5.74) is 2.87. The second-order valence-corrected chi connectivity index (χ2v) is 6.81. The lowest BCUT2D eigenvalue weighted by molar-refractivity contribution is -0.158. The Morgan fingerprint density at radius 2 is 1.21 bits per heavy atom. The van der Waals surface area contributed by atoms with Crippen molar-refractivity contribution in [3.63, 3.8) is 0 Å². The van der Waals surface area contributed by atoms with Gasteiger partial charge in [-0.2, -0.15) is 0 Å². The van der Waals surface area contributed by atoms with Crippen molar-refractivity contribution < 1.29 is 33.6 Å². The molecule has 0 aromatic heterocycles. The number of benzene rings is 2. The van der Waals surface area contributed by atoms with Crippen molar-refractivity contribution in [2.45, 2.75) is 25.0 Å². The molecule has 8 nitrogen and oxygen atoms in total. The molecular formula is C20H21NO7. The lowest BCUT2D eigenvalue weighted by Crippen LogP contribution is -2.52. The molecule has 2 unspecified atom stereocenters. The fourth-order valence-corrected chi connectivity index (χ4v) is 2.51. The summed E-state index contributed by atoms with van der Waals surface area (Å²) in [6.07, 6.45) is 0. The molecule has 0 aliphatic carbocycles. The number of carboxylic acids is 1. The average molecular weight is 387 g/mol. The molecule has 2 aromatic rings. The van der Waals surface area contributed by atoms with E-state index in [0.717, 1.165) is 0 Å². The van der Waals surface area contributed by atoms with Gasteiger partial charge in [-0.15, -0.1) is 0 Å². The standard InChI is InChI=1S/C10H11NO3.C10H10O4/c2*1-10(9(11)12)6-13-7-4-2-3-5-8(7)14-10/h2-5H,6H2,1H3,(H2,11,12);2-5H,6H2,1H3,(H,11,12). The van der Waals surface area contributed by atoms with E-state index >= 15 is 0 Å². The highest BCUT2D eigenvalue weighted by Gasteiger charge is 2.40. The van der Waals surface area contributed by atoms with Gasteiger partial charge in [0.05, 0.1) is 0 Å². The summed E-state index contributed by atoms with van der Waals surface area (Å²) in [5.74, 6) is 0.722. The van der Waals surface area contributed by atoms with Crippen LogP contribution in [0.15, 0.2) is 48.5 Å². The number of hydrogen-bond acceptors (Lipinski definition) is 6. The largest absolute Gasteiger partial charge is 0.485 e. The summed E-state index contributed by atoms with van der Waals surface area (Å²) in [7, 11) is 0. The number of carbonyl (C=O) groups excluding carboxylic acids is 1. The van der Waals surface area contributed by atoms with Crippen molar-refractivity contribution in [1.82, 2.24) is 0 Å². The van der Waals surface area contributed by atoms with Crippen LogP contribution >= 0.6 is 0 Å². The smallest absolute Gasteiger partial charge is 0.351 e. The van der Waals surface area contributed by atoms with E-state index < -0.39 is 23.1 Å². The van der Waals surface area contributed by atoms with Crippen molar-refractivity contribution >= 4 is 11.9 Å². The van der Waals surface area contributed by atoms with Gasteiger partial charge in [0.1, 0.15) is 13.2 Å². The Morgan fingerprint density at radius 3 is 1.64 bits per heavy atom. The molecule has 2 aliphatic rings. The van der Waals surface area contributed by atoms with Gasteiger partial charge in [-0.25, -0.2) is 4.79 Å². The van der Waals surface area contributed by atoms with Gasteiger partial charge in [-0.1, -0.05) is 24.3 Å². The molecule has 0 saturated carbocycles. The predicted octanol–water partition coefficient (Wildman–Crippen LogP) is 2.00. The molecule has 2 heterocycles. The minimum absolute atomic E-state index is 0.0271. The number of fused-ring (bicyclic) bond motifs is 2. The van der Waals surface area contributed by atoms with Crippen LogP contribution in [-0.4, -0.2) is 41.4 Å². The van der Waals surface area contributed by atoms with Gasteiger partial charge in [-0.05, 0) is 38.1 Å². The molecule has 8 heteroatoms. The van der Waals surface area contributed by atoms with Gasteiger partial charge >= 0.3 is 5.97 Å². The Bertz CT molecular complexity index is 826. The second kappa shape index (κ2) is 7.30. The number of amides is 1. The van der Waals surface area contributed by atoms with Crippen LogP contribution in [0.4, 0.5) is 0 Å². The van der Waals surface area contributed by atoms with Crippen LogP contribution < -0.4 is 24.7 Å². The Kier molecular flexibility index (Phi) is 5.04. The van der Waals surface area contributed by atoms with Gasteiger partial charge < -0.3 is 29.8 Å². The van der Waals surface area contributed by atoms with E-state index in [1.165, 1.54) is 6.92 Å². The van der Waals surface area contributed by atoms with Crippen LogP contribution in [0.1, 0.15) is 13.8 Å². The Morgan fingerprint density at radius 1 is 0.821 bits per heavy atom. The third-order valence-corrected chi connectivity index (χ3v) is 4.35. The number of primary amides is 1. The van der Waals surface area contributed by atoms with Gasteiger partial charge in [0, 0.05) is 0 Å². The minimum atomic E-state index is -1.28. The molecule has 0 spiro atoms. The van der Waals surface area contributed by atoms with Crippen LogP contribution in [-0.2, 0) is 9.59 Å². The molecule has 2 aromatic carbocycles. The number of ether oxygens (including phenoxy) is 4. The number of para-hydroxylation sites is 4. The topological polar surface area (TPSA) is 117 Å². The Hall–Kier alpha value is -3.42. The lowest BCUT2D eigenvalue weighted by atomic mass is 10.1. The van der Waals surface area contributed by atoms with Crippen molar-refractivity contribution in [1.29, 1.82) is 0 Å². The van der Waals surface area contributed by atoms with E-state index in [9.17, 15) is 9.59 Å². The highest BCUT2D eigenvalue weighted by atomic mass is 16.6. The monoisotopic (exact) mass is 387 g/mol. The zero-order chi connectivity index (χ0) is 20.4. The summed E-state index contributed by atoms with van der Waals surface area (Å²) in [6, 6.07) is 14.2. The van der Waals surface area contributed by atoms with Crippen molar-refractivity contribution in [3.8, 4) is 23.0 Å². The highest BCUT2D eigenvalue weighted by Crippen LogP contribution is 2.35. The highest BCUT2D eigenvalue weighted by molar-refractivity contribution is 5.84. The first-order valence-electron chi connectivity index (χ1n) is 8.58. The molecule has 28 heavy (non-hydrogen) atoms. The van der Waals surface area contributed by atoms with Crippen LogP contribution in [0.3, 0.4) is 0 Å². The van der Waals surface area contributed by atoms with E-state index in [1.54, 1.807) is 37.3 Å². The van der Waals surface area contributed by atoms with Crippen molar-refractivity contribution in [2.75, 3.05) is 13.2 Å². The number of carbonyl (C=O) groups is 2. The third kappa shape index (κ3) is 3.80. The maximum Gasteiger partial charge on any atom is 0.351 e. The summed E-state index contributed by atoms with van der Waals surface area (Å²) in [4.78, 5) is 22.0. The molecule has 1 amide bonds. The fraction of sp³-hybridized carbons (Fsp3) is 0.300. The van der Waals surface area contributed by atoms with Crippen LogP contribution in [0.25, 0.3) is 0 Å². The van der Waals surface area contributed by atoms with E-state index in [-0.39, 0.29) is 13.2 Å². The van der Waals surface area contributed by atoms with Crippen LogP contribution in [0, 0.1) is 0 Å². The molecule has 0 saturated heterocycles. The maximum absolute atomic E-state index is 11.1. The first-order valence-corrected chi connectivity index (χ1v) is 8.58. The average Bonchev–Trinajstić information content (AvgIpc) is 2.68. The summed E-state index contributed by atoms with van der Waals surface area (Å²) in [6.45, 7) is 3.29. The minimum Gasteiger partial charge on any atom is -0.485 e. The Labute approximate surface area is 161 Å². The first-order chi connectivity index (χ1) is 13.2.